The van der Waals surface area contributed by atoms with Gasteiger partial charge in [-0.25, -0.2) is 0 Å². The highest BCUT2D eigenvalue weighted by Gasteiger charge is 2.38. The Hall–Kier alpha value is -6.38. The quantitative estimate of drug-likeness (QED) is 0.173. The number of hydrogen-bond donors (Lipinski definition) is 0. The molecular weight excluding hydrogens is 665 g/mol. The standard InChI is InChI=1S/C53H44N2/c1-33-16-21-39(22-17-33)54(40-23-19-35(3)36(4)29-40)41-24-25-44-47(31-41)53(5,6)48-32-51(42-14-10-11-15-43(42)52(44)48)55-49-26-18-34(2)28-45(49)46-30-38(20-27-50(46)55)37-12-8-7-9-13-37/h7-32H,1-6H3. The zero-order valence-electron chi connectivity index (χ0n) is 32.4. The second kappa shape index (κ2) is 12.3. The SMILES string of the molecule is Cc1ccc(N(c2ccc(C)c(C)c2)c2ccc3c(c2)C(C)(C)c2cc(-n4c5ccc(C)cc5c5cc(-c6ccccc6)ccc54)c4ccccc4c2-3)cc1. The Bertz CT molecular complexity index is 2980. The summed E-state index contributed by atoms with van der Waals surface area (Å²) in [6, 6.07) is 59.1. The molecule has 0 saturated heterocycles. The molecule has 1 aliphatic rings. The van der Waals surface area contributed by atoms with E-state index in [4.69, 9.17) is 0 Å². The lowest BCUT2D eigenvalue weighted by Gasteiger charge is -2.28. The van der Waals surface area contributed by atoms with Crippen molar-refractivity contribution in [3.8, 4) is 27.9 Å². The zero-order chi connectivity index (χ0) is 37.6. The van der Waals surface area contributed by atoms with Gasteiger partial charge in [-0.15, -0.1) is 0 Å². The number of rotatable bonds is 5. The molecule has 0 spiro atoms. The fraction of sp³-hybridized carbons (Fsp3) is 0.132. The van der Waals surface area contributed by atoms with E-state index in [9.17, 15) is 0 Å². The van der Waals surface area contributed by atoms with E-state index >= 15 is 0 Å². The van der Waals surface area contributed by atoms with Crippen LogP contribution in [0.1, 0.15) is 47.2 Å². The maximum Gasteiger partial charge on any atom is 0.0544 e. The van der Waals surface area contributed by atoms with Crippen molar-refractivity contribution in [3.63, 3.8) is 0 Å². The highest BCUT2D eigenvalue weighted by molar-refractivity contribution is 6.13. The summed E-state index contributed by atoms with van der Waals surface area (Å²) in [5.74, 6) is 0. The van der Waals surface area contributed by atoms with E-state index in [1.165, 1.54) is 105 Å². The van der Waals surface area contributed by atoms with E-state index in [1.807, 2.05) is 0 Å². The average Bonchev–Trinajstić information content (AvgIpc) is 3.64. The number of benzene rings is 8. The minimum Gasteiger partial charge on any atom is -0.310 e. The summed E-state index contributed by atoms with van der Waals surface area (Å²) in [6.45, 7) is 13.6. The molecule has 10 rings (SSSR count). The molecule has 0 unspecified atom stereocenters. The van der Waals surface area contributed by atoms with Gasteiger partial charge < -0.3 is 9.47 Å². The van der Waals surface area contributed by atoms with Crippen LogP contribution in [0, 0.1) is 27.7 Å². The number of anilines is 3. The van der Waals surface area contributed by atoms with Gasteiger partial charge in [0.25, 0.3) is 0 Å². The van der Waals surface area contributed by atoms with Gasteiger partial charge in [-0.3, -0.25) is 0 Å². The van der Waals surface area contributed by atoms with E-state index < -0.39 is 0 Å². The Morgan fingerprint density at radius 3 is 1.84 bits per heavy atom. The van der Waals surface area contributed by atoms with Gasteiger partial charge in [-0.05, 0) is 144 Å². The molecule has 1 aliphatic carbocycles. The Morgan fingerprint density at radius 2 is 1.07 bits per heavy atom. The van der Waals surface area contributed by atoms with Crippen molar-refractivity contribution in [2.45, 2.75) is 47.0 Å². The van der Waals surface area contributed by atoms with Crippen LogP contribution in [0.2, 0.25) is 0 Å². The molecule has 266 valence electrons. The van der Waals surface area contributed by atoms with Crippen LogP contribution in [0.15, 0.2) is 158 Å². The van der Waals surface area contributed by atoms with E-state index in [1.54, 1.807) is 0 Å². The van der Waals surface area contributed by atoms with Crippen molar-refractivity contribution >= 4 is 49.6 Å². The third kappa shape index (κ3) is 5.16. The van der Waals surface area contributed by atoms with Crippen molar-refractivity contribution in [2.75, 3.05) is 4.90 Å². The Labute approximate surface area is 323 Å². The maximum atomic E-state index is 2.52. The third-order valence-corrected chi connectivity index (χ3v) is 12.2. The topological polar surface area (TPSA) is 8.17 Å². The van der Waals surface area contributed by atoms with Gasteiger partial charge in [0.05, 0.1) is 16.7 Å². The first-order valence-corrected chi connectivity index (χ1v) is 19.4. The van der Waals surface area contributed by atoms with E-state index in [0.29, 0.717) is 0 Å². The molecule has 2 nitrogen and oxygen atoms in total. The Kier molecular flexibility index (Phi) is 7.44. The predicted octanol–water partition coefficient (Wildman–Crippen LogP) is 14.6. The summed E-state index contributed by atoms with van der Waals surface area (Å²) in [5, 5.41) is 5.12. The fourth-order valence-corrected chi connectivity index (χ4v) is 9.09. The fourth-order valence-electron chi connectivity index (χ4n) is 9.09. The van der Waals surface area contributed by atoms with Crippen molar-refractivity contribution in [1.82, 2.24) is 4.57 Å². The lowest BCUT2D eigenvalue weighted by Crippen LogP contribution is -2.17. The Morgan fingerprint density at radius 1 is 0.436 bits per heavy atom. The molecule has 9 aromatic rings. The maximum absolute atomic E-state index is 2.52. The van der Waals surface area contributed by atoms with Crippen molar-refractivity contribution in [1.29, 1.82) is 0 Å². The first-order valence-electron chi connectivity index (χ1n) is 19.4. The van der Waals surface area contributed by atoms with Gasteiger partial charge in [-0.2, -0.15) is 0 Å². The smallest absolute Gasteiger partial charge is 0.0544 e. The van der Waals surface area contributed by atoms with E-state index in [2.05, 4.69) is 209 Å². The number of hydrogen-bond acceptors (Lipinski definition) is 1. The summed E-state index contributed by atoms with van der Waals surface area (Å²) in [4.78, 5) is 2.42. The molecule has 1 aromatic heterocycles. The normalized spacial score (nSPS) is 13.1. The summed E-state index contributed by atoms with van der Waals surface area (Å²) in [7, 11) is 0. The first-order chi connectivity index (χ1) is 26.7. The predicted molar refractivity (Wildman–Crippen MR) is 235 cm³/mol. The van der Waals surface area contributed by atoms with Crippen LogP contribution >= 0.6 is 0 Å². The van der Waals surface area contributed by atoms with Crippen LogP contribution in [0.5, 0.6) is 0 Å². The van der Waals surface area contributed by atoms with Gasteiger partial charge in [0.15, 0.2) is 0 Å². The first kappa shape index (κ1) is 33.2. The lowest BCUT2D eigenvalue weighted by atomic mass is 9.81. The molecular formula is C53H44N2. The average molecular weight is 709 g/mol. The van der Waals surface area contributed by atoms with Gasteiger partial charge in [0, 0.05) is 38.6 Å². The van der Waals surface area contributed by atoms with Crippen LogP contribution in [-0.4, -0.2) is 4.57 Å². The second-order valence-corrected chi connectivity index (χ2v) is 16.1. The number of aromatic nitrogens is 1. The third-order valence-electron chi connectivity index (χ3n) is 12.2. The van der Waals surface area contributed by atoms with Crippen LogP contribution in [0.4, 0.5) is 17.1 Å². The molecule has 0 aliphatic heterocycles. The minimum atomic E-state index is -0.239. The summed E-state index contributed by atoms with van der Waals surface area (Å²) < 4.78 is 2.52. The zero-order valence-corrected chi connectivity index (χ0v) is 32.4. The molecule has 0 atom stereocenters. The monoisotopic (exact) mass is 708 g/mol. The molecule has 2 heteroatoms. The molecule has 0 amide bonds. The van der Waals surface area contributed by atoms with Crippen LogP contribution < -0.4 is 4.90 Å². The number of nitrogens with zero attached hydrogens (tertiary/aromatic N) is 2. The molecule has 8 aromatic carbocycles. The Balaban J connectivity index is 1.19. The molecule has 55 heavy (non-hydrogen) atoms. The molecule has 1 heterocycles. The number of fused-ring (bicyclic) bond motifs is 8. The van der Waals surface area contributed by atoms with Crippen LogP contribution in [-0.2, 0) is 5.41 Å². The molecule has 0 bridgehead atoms. The summed E-state index contributed by atoms with van der Waals surface area (Å²) >= 11 is 0. The lowest BCUT2D eigenvalue weighted by molar-refractivity contribution is 0.660. The van der Waals surface area contributed by atoms with Crippen molar-refractivity contribution in [3.05, 3.63) is 191 Å². The largest absolute Gasteiger partial charge is 0.310 e. The van der Waals surface area contributed by atoms with Crippen molar-refractivity contribution in [2.24, 2.45) is 0 Å². The number of aryl methyl sites for hydroxylation is 4. The van der Waals surface area contributed by atoms with Crippen LogP contribution in [0.3, 0.4) is 0 Å². The van der Waals surface area contributed by atoms with E-state index in [-0.39, 0.29) is 5.41 Å². The van der Waals surface area contributed by atoms with E-state index in [0.717, 1.165) is 5.69 Å². The molecule has 0 N–H and O–H groups in total. The molecule has 0 saturated carbocycles. The highest BCUT2D eigenvalue weighted by atomic mass is 15.1. The second-order valence-electron chi connectivity index (χ2n) is 16.1. The van der Waals surface area contributed by atoms with Gasteiger partial charge >= 0.3 is 0 Å². The summed E-state index contributed by atoms with van der Waals surface area (Å²) in [5.41, 5.74) is 19.9. The molecule has 0 radical (unpaired) electrons. The van der Waals surface area contributed by atoms with Gasteiger partial charge in [0.2, 0.25) is 0 Å². The summed E-state index contributed by atoms with van der Waals surface area (Å²) in [6.07, 6.45) is 0. The van der Waals surface area contributed by atoms with Gasteiger partial charge in [0.1, 0.15) is 0 Å². The minimum absolute atomic E-state index is 0.239. The van der Waals surface area contributed by atoms with Crippen LogP contribution in [0.25, 0.3) is 60.5 Å². The van der Waals surface area contributed by atoms with Crippen molar-refractivity contribution < 1.29 is 0 Å². The molecule has 0 fully saturated rings. The highest BCUT2D eigenvalue weighted by Crippen LogP contribution is 2.54. The van der Waals surface area contributed by atoms with Gasteiger partial charge in [-0.1, -0.05) is 116 Å².